The zero-order chi connectivity index (χ0) is 33.2. The molecule has 0 aromatic carbocycles. The molecular weight excluding hydrogens is 630 g/mol. The molecule has 3 aliphatic rings. The molecule has 0 spiro atoms. The van der Waals surface area contributed by atoms with E-state index in [0.717, 1.165) is 4.90 Å². The van der Waals surface area contributed by atoms with Crippen molar-refractivity contribution in [1.29, 1.82) is 0 Å². The van der Waals surface area contributed by atoms with Crippen LogP contribution in [0.3, 0.4) is 0 Å². The number of carbonyl (C=O) groups excluding carboxylic acids is 2. The van der Waals surface area contributed by atoms with E-state index in [2.05, 4.69) is 30.3 Å². The van der Waals surface area contributed by atoms with Crippen LogP contribution in [-0.2, 0) is 4.79 Å². The maximum atomic E-state index is 14.0. The Bertz CT molecular complexity index is 1650. The highest BCUT2D eigenvalue weighted by Gasteiger charge is 2.64. The standard InChI is InChI=1S/C27H28F6N8O5/c1-13-20(38-46-37-13)22(42)36-21(14-2-4-25(28,29)5-3-14)18-10-41-19(35-18)6-15(7-34-41)16-8-39(24(44)45)9-17(16)23(43)40-11-26(30,31)27(32,33)12-40/h6-7,10,14,16-17,21H,2-5,8-9,11-12H2,1H3,(H,36,42)(H,44,45). The number of hydrogen-bond acceptors (Lipinski definition) is 8. The minimum absolute atomic E-state index is 0.0754. The van der Waals surface area contributed by atoms with Crippen LogP contribution in [0.15, 0.2) is 23.1 Å². The van der Waals surface area contributed by atoms with Gasteiger partial charge < -0.3 is 20.2 Å². The van der Waals surface area contributed by atoms with Crippen molar-refractivity contribution < 1.29 is 50.5 Å². The molecular formula is C27H28F6N8O5. The van der Waals surface area contributed by atoms with Crippen molar-refractivity contribution >= 4 is 23.6 Å². The van der Waals surface area contributed by atoms with Gasteiger partial charge in [0.15, 0.2) is 11.3 Å². The van der Waals surface area contributed by atoms with Gasteiger partial charge in [0.25, 0.3) is 5.91 Å². The molecule has 3 aromatic heterocycles. The van der Waals surface area contributed by atoms with Gasteiger partial charge in [-0.15, -0.1) is 0 Å². The normalized spacial score (nSPS) is 24.8. The number of rotatable bonds is 6. The van der Waals surface area contributed by atoms with Crippen LogP contribution in [0.25, 0.3) is 5.65 Å². The highest BCUT2D eigenvalue weighted by molar-refractivity contribution is 5.93. The molecule has 3 atom stereocenters. The summed E-state index contributed by atoms with van der Waals surface area (Å²) in [6.45, 7) is -2.14. The lowest BCUT2D eigenvalue weighted by molar-refractivity contribution is -0.172. The van der Waals surface area contributed by atoms with Crippen molar-refractivity contribution in [3.05, 3.63) is 41.1 Å². The van der Waals surface area contributed by atoms with Crippen LogP contribution in [-0.4, -0.2) is 102 Å². The van der Waals surface area contributed by atoms with Crippen LogP contribution in [0.2, 0.25) is 0 Å². The third-order valence-electron chi connectivity index (χ3n) is 9.03. The van der Waals surface area contributed by atoms with Gasteiger partial charge in [-0.25, -0.2) is 27.7 Å². The van der Waals surface area contributed by atoms with Crippen molar-refractivity contribution in [3.8, 4) is 0 Å². The summed E-state index contributed by atoms with van der Waals surface area (Å²) in [6, 6.07) is 0.631. The first-order chi connectivity index (χ1) is 21.5. The van der Waals surface area contributed by atoms with E-state index in [4.69, 9.17) is 0 Å². The smallest absolute Gasteiger partial charge is 0.407 e. The van der Waals surface area contributed by atoms with Crippen molar-refractivity contribution in [2.24, 2.45) is 11.8 Å². The number of nitrogens with one attached hydrogen (secondary N) is 1. The number of carbonyl (C=O) groups is 3. The number of likely N-dealkylation sites (tertiary alicyclic amines) is 2. The van der Waals surface area contributed by atoms with Crippen LogP contribution < -0.4 is 5.32 Å². The third kappa shape index (κ3) is 5.70. The minimum Gasteiger partial charge on any atom is -0.465 e. The predicted octanol–water partition coefficient (Wildman–Crippen LogP) is 3.52. The van der Waals surface area contributed by atoms with Gasteiger partial charge in [0.05, 0.1) is 43.1 Å². The molecule has 6 rings (SSSR count). The Morgan fingerprint density at radius 1 is 1.02 bits per heavy atom. The summed E-state index contributed by atoms with van der Waals surface area (Å²) >= 11 is 0. The van der Waals surface area contributed by atoms with E-state index >= 15 is 0 Å². The van der Waals surface area contributed by atoms with Gasteiger partial charge in [0.2, 0.25) is 11.8 Å². The number of imidazole rings is 1. The fourth-order valence-corrected chi connectivity index (χ4v) is 6.44. The van der Waals surface area contributed by atoms with Gasteiger partial charge in [0.1, 0.15) is 5.69 Å². The Morgan fingerprint density at radius 3 is 2.30 bits per heavy atom. The van der Waals surface area contributed by atoms with Crippen molar-refractivity contribution in [2.75, 3.05) is 26.2 Å². The highest BCUT2D eigenvalue weighted by Crippen LogP contribution is 2.44. The molecule has 13 nitrogen and oxygen atoms in total. The Labute approximate surface area is 255 Å². The molecule has 2 saturated heterocycles. The van der Waals surface area contributed by atoms with Crippen molar-refractivity contribution in [3.63, 3.8) is 0 Å². The zero-order valence-corrected chi connectivity index (χ0v) is 24.2. The molecule has 0 bridgehead atoms. The first kappa shape index (κ1) is 31.5. The van der Waals surface area contributed by atoms with E-state index in [1.807, 2.05) is 0 Å². The summed E-state index contributed by atoms with van der Waals surface area (Å²) < 4.78 is 89.5. The number of fused-ring (bicyclic) bond motifs is 1. The van der Waals surface area contributed by atoms with Crippen LogP contribution in [0, 0.1) is 18.8 Å². The third-order valence-corrected chi connectivity index (χ3v) is 9.03. The van der Waals surface area contributed by atoms with E-state index in [0.29, 0.717) is 10.5 Å². The molecule has 46 heavy (non-hydrogen) atoms. The van der Waals surface area contributed by atoms with Gasteiger partial charge >= 0.3 is 17.9 Å². The molecule has 3 fully saturated rings. The lowest BCUT2D eigenvalue weighted by atomic mass is 9.81. The molecule has 2 aliphatic heterocycles. The largest absolute Gasteiger partial charge is 0.465 e. The van der Waals surface area contributed by atoms with Crippen LogP contribution in [0.5, 0.6) is 0 Å². The van der Waals surface area contributed by atoms with E-state index in [1.165, 1.54) is 29.9 Å². The number of amides is 3. The Kier molecular flexibility index (Phi) is 7.62. The van der Waals surface area contributed by atoms with E-state index in [9.17, 15) is 45.8 Å². The molecule has 0 radical (unpaired) electrons. The Hall–Kier alpha value is -4.45. The Balaban J connectivity index is 1.30. The first-order valence-corrected chi connectivity index (χ1v) is 14.4. The van der Waals surface area contributed by atoms with E-state index in [-0.39, 0.29) is 42.1 Å². The number of carboxylic acid groups (broad SMARTS) is 1. The van der Waals surface area contributed by atoms with Gasteiger partial charge in [-0.2, -0.15) is 22.7 Å². The second-order valence-electron chi connectivity index (χ2n) is 12.1. The van der Waals surface area contributed by atoms with Gasteiger partial charge in [-0.3, -0.25) is 9.59 Å². The lowest BCUT2D eigenvalue weighted by Crippen LogP contribution is -2.39. The molecule has 1 aliphatic carbocycles. The second kappa shape index (κ2) is 11.1. The molecule has 248 valence electrons. The Morgan fingerprint density at radius 2 is 1.70 bits per heavy atom. The number of aryl methyl sites for hydroxylation is 1. The number of aromatic nitrogens is 5. The number of nitrogens with zero attached hydrogens (tertiary/aromatic N) is 7. The fraction of sp³-hybridized carbons (Fsp3) is 0.593. The van der Waals surface area contributed by atoms with Crippen molar-refractivity contribution in [2.45, 2.75) is 62.3 Å². The topological polar surface area (TPSA) is 159 Å². The first-order valence-electron chi connectivity index (χ1n) is 14.4. The number of halogens is 6. The molecule has 3 aromatic rings. The average molecular weight is 659 g/mol. The van der Waals surface area contributed by atoms with Crippen molar-refractivity contribution in [1.82, 2.24) is 40.0 Å². The van der Waals surface area contributed by atoms with Crippen LogP contribution in [0.4, 0.5) is 31.1 Å². The average Bonchev–Trinajstić information content (AvgIpc) is 3.75. The number of alkyl halides is 6. The molecule has 2 N–H and O–H groups in total. The van der Waals surface area contributed by atoms with Gasteiger partial charge in [-0.1, -0.05) is 5.16 Å². The minimum atomic E-state index is -4.43. The zero-order valence-electron chi connectivity index (χ0n) is 24.2. The summed E-state index contributed by atoms with van der Waals surface area (Å²) in [5.41, 5.74) is 0.877. The summed E-state index contributed by atoms with van der Waals surface area (Å²) in [5.74, 6) is -16.0. The highest BCUT2D eigenvalue weighted by atomic mass is 19.3. The monoisotopic (exact) mass is 658 g/mol. The maximum absolute atomic E-state index is 14.0. The molecule has 5 heterocycles. The quantitative estimate of drug-likeness (QED) is 0.378. The molecule has 3 amide bonds. The maximum Gasteiger partial charge on any atom is 0.407 e. The van der Waals surface area contributed by atoms with Crippen LogP contribution >= 0.6 is 0 Å². The molecule has 3 unspecified atom stereocenters. The second-order valence-corrected chi connectivity index (χ2v) is 12.1. The lowest BCUT2D eigenvalue weighted by Gasteiger charge is -2.33. The summed E-state index contributed by atoms with van der Waals surface area (Å²) in [7, 11) is 0. The summed E-state index contributed by atoms with van der Waals surface area (Å²) in [5, 5.41) is 23.9. The summed E-state index contributed by atoms with van der Waals surface area (Å²) in [6.07, 6.45) is 0.787. The van der Waals surface area contributed by atoms with Gasteiger partial charge in [0, 0.05) is 31.8 Å². The number of hydrogen-bond donors (Lipinski definition) is 2. The predicted molar refractivity (Wildman–Crippen MR) is 141 cm³/mol. The fourth-order valence-electron chi connectivity index (χ4n) is 6.44. The van der Waals surface area contributed by atoms with E-state index in [1.54, 1.807) is 0 Å². The molecule has 1 saturated carbocycles. The SMILES string of the molecule is Cc1nonc1C(=O)NC(c1cn2ncc(C3CN(C(=O)O)CC3C(=O)N3CC(F)(F)C(F)(F)C3)cc2n1)C1CCC(F)(F)CC1. The summed E-state index contributed by atoms with van der Waals surface area (Å²) in [4.78, 5) is 43.9. The van der Waals surface area contributed by atoms with Crippen LogP contribution in [0.1, 0.15) is 65.1 Å². The van der Waals surface area contributed by atoms with E-state index < -0.39 is 91.9 Å². The van der Waals surface area contributed by atoms with Gasteiger partial charge in [-0.05, 0) is 42.5 Å². The molecule has 19 heteroatoms.